The zero-order chi connectivity index (χ0) is 20.1. The average molecular weight is 393 g/mol. The van der Waals surface area contributed by atoms with Crippen molar-refractivity contribution in [2.45, 2.75) is 20.3 Å². The van der Waals surface area contributed by atoms with Gasteiger partial charge in [0, 0.05) is 45.1 Å². The van der Waals surface area contributed by atoms with E-state index >= 15 is 0 Å². The molecule has 2 amide bonds. The van der Waals surface area contributed by atoms with Crippen LogP contribution in [-0.2, 0) is 0 Å². The fourth-order valence-electron chi connectivity index (χ4n) is 4.63. The molecule has 1 aliphatic carbocycles. The quantitative estimate of drug-likeness (QED) is 0.716. The smallest absolute Gasteiger partial charge is 0.291 e. The first kappa shape index (κ1) is 17.9. The molecule has 29 heavy (non-hydrogen) atoms. The summed E-state index contributed by atoms with van der Waals surface area (Å²) in [5, 5.41) is 3.01. The Hall–Kier alpha value is -3.16. The van der Waals surface area contributed by atoms with E-state index in [1.165, 1.54) is 0 Å². The molecule has 2 aliphatic rings. The molecule has 1 saturated heterocycles. The zero-order valence-corrected chi connectivity index (χ0v) is 16.5. The largest absolute Gasteiger partial charge is 0.436 e. The molecule has 5 rings (SSSR count). The maximum absolute atomic E-state index is 12.6. The van der Waals surface area contributed by atoms with Crippen molar-refractivity contribution in [2.75, 3.05) is 19.6 Å². The first-order valence-corrected chi connectivity index (χ1v) is 9.95. The van der Waals surface area contributed by atoms with Gasteiger partial charge in [0.15, 0.2) is 5.89 Å². The molecule has 0 bridgehead atoms. The van der Waals surface area contributed by atoms with Crippen LogP contribution in [0.3, 0.4) is 0 Å². The van der Waals surface area contributed by atoms with Crippen LogP contribution in [0, 0.1) is 31.6 Å². The normalized spacial score (nSPS) is 22.7. The van der Waals surface area contributed by atoms with Crippen LogP contribution in [0.5, 0.6) is 0 Å². The van der Waals surface area contributed by atoms with Crippen LogP contribution in [-0.4, -0.2) is 50.7 Å². The van der Waals surface area contributed by atoms with Crippen LogP contribution in [0.1, 0.15) is 38.9 Å². The van der Waals surface area contributed by atoms with Gasteiger partial charge in [0.1, 0.15) is 5.65 Å². The van der Waals surface area contributed by atoms with Gasteiger partial charge < -0.3 is 19.0 Å². The number of amides is 2. The van der Waals surface area contributed by atoms with Gasteiger partial charge in [-0.2, -0.15) is 0 Å². The van der Waals surface area contributed by atoms with E-state index in [0.717, 1.165) is 25.2 Å². The molecule has 3 aromatic rings. The lowest BCUT2D eigenvalue weighted by Crippen LogP contribution is -2.32. The van der Waals surface area contributed by atoms with Crippen LogP contribution < -0.4 is 5.32 Å². The molecule has 1 unspecified atom stereocenters. The molecule has 3 atom stereocenters. The average Bonchev–Trinajstić information content (AvgIpc) is 3.14. The zero-order valence-electron chi connectivity index (χ0n) is 16.5. The van der Waals surface area contributed by atoms with Gasteiger partial charge >= 0.3 is 0 Å². The van der Waals surface area contributed by atoms with Gasteiger partial charge in [-0.1, -0.05) is 0 Å². The summed E-state index contributed by atoms with van der Waals surface area (Å²) in [5.74, 6) is 2.40. The first-order valence-electron chi connectivity index (χ1n) is 9.95. The molecule has 150 valence electrons. The Morgan fingerprint density at radius 3 is 2.76 bits per heavy atom. The highest BCUT2D eigenvalue weighted by molar-refractivity contribution is 5.94. The first-order chi connectivity index (χ1) is 14.0. The maximum atomic E-state index is 12.6. The third-order valence-electron chi connectivity index (χ3n) is 6.17. The topological polar surface area (TPSA) is 92.7 Å². The number of nitrogens with one attached hydrogen (secondary N) is 1. The lowest BCUT2D eigenvalue weighted by molar-refractivity contribution is 0.0733. The number of aromatic nitrogens is 3. The monoisotopic (exact) mass is 393 g/mol. The van der Waals surface area contributed by atoms with Gasteiger partial charge in [-0.05, 0) is 43.2 Å². The van der Waals surface area contributed by atoms with E-state index in [-0.39, 0.29) is 11.8 Å². The van der Waals surface area contributed by atoms with Gasteiger partial charge in [-0.25, -0.2) is 9.97 Å². The Bertz CT molecular complexity index is 1090. The second-order valence-electron chi connectivity index (χ2n) is 8.00. The summed E-state index contributed by atoms with van der Waals surface area (Å²) in [6.45, 7) is 5.73. The molecule has 4 heterocycles. The van der Waals surface area contributed by atoms with E-state index in [1.807, 2.05) is 21.6 Å². The standard InChI is InChI=1S/C21H23N5O3/c1-12-19(29-13(2)24-12)21(28)26-10-16-15(17(16)11-26)5-6-23-20(27)14-3-4-18-22-7-8-25(18)9-14/h3-4,7-9,15-17H,5-6,10-11H2,1-2H3,(H,23,27)/t15?,16-,17+. The van der Waals surface area contributed by atoms with Crippen molar-refractivity contribution in [1.82, 2.24) is 24.6 Å². The molecule has 0 aromatic carbocycles. The Morgan fingerprint density at radius 2 is 2.03 bits per heavy atom. The number of piperidine rings is 1. The number of hydrogen-bond donors (Lipinski definition) is 1. The van der Waals surface area contributed by atoms with E-state index in [0.29, 0.717) is 47.2 Å². The molecule has 1 saturated carbocycles. The minimum absolute atomic E-state index is 0.0581. The number of likely N-dealkylation sites (tertiary alicyclic amines) is 1. The third-order valence-corrected chi connectivity index (χ3v) is 6.17. The van der Waals surface area contributed by atoms with Crippen molar-refractivity contribution in [1.29, 1.82) is 0 Å². The summed E-state index contributed by atoms with van der Waals surface area (Å²) in [6.07, 6.45) is 6.27. The lowest BCUT2D eigenvalue weighted by Gasteiger charge is -2.18. The Balaban J connectivity index is 1.10. The number of carbonyl (C=O) groups is 2. The van der Waals surface area contributed by atoms with E-state index in [4.69, 9.17) is 4.42 Å². The van der Waals surface area contributed by atoms with Gasteiger partial charge in [0.2, 0.25) is 5.76 Å². The minimum Gasteiger partial charge on any atom is -0.436 e. The molecule has 1 N–H and O–H groups in total. The molecule has 8 nitrogen and oxygen atoms in total. The highest BCUT2D eigenvalue weighted by Crippen LogP contribution is 2.53. The molecule has 2 fully saturated rings. The minimum atomic E-state index is -0.0700. The van der Waals surface area contributed by atoms with Crippen molar-refractivity contribution < 1.29 is 14.0 Å². The number of imidazole rings is 1. The second kappa shape index (κ2) is 6.72. The number of carbonyl (C=O) groups excluding carboxylic acids is 2. The molecule has 3 aromatic heterocycles. The number of rotatable bonds is 5. The predicted molar refractivity (Wildman–Crippen MR) is 104 cm³/mol. The van der Waals surface area contributed by atoms with Gasteiger partial charge in [-0.3, -0.25) is 9.59 Å². The highest BCUT2D eigenvalue weighted by atomic mass is 16.4. The summed E-state index contributed by atoms with van der Waals surface area (Å²) in [6, 6.07) is 3.63. The van der Waals surface area contributed by atoms with Crippen LogP contribution in [0.2, 0.25) is 0 Å². The Morgan fingerprint density at radius 1 is 1.24 bits per heavy atom. The molecular formula is C21H23N5O3. The highest BCUT2D eigenvalue weighted by Gasteiger charge is 2.56. The summed E-state index contributed by atoms with van der Waals surface area (Å²) in [5.41, 5.74) is 2.10. The lowest BCUT2D eigenvalue weighted by atomic mass is 10.2. The van der Waals surface area contributed by atoms with Crippen LogP contribution in [0.15, 0.2) is 35.1 Å². The van der Waals surface area contributed by atoms with E-state index in [9.17, 15) is 9.59 Å². The van der Waals surface area contributed by atoms with Gasteiger partial charge in [0.05, 0.1) is 11.3 Å². The second-order valence-corrected chi connectivity index (χ2v) is 8.00. The number of aryl methyl sites for hydroxylation is 2. The Labute approximate surface area is 167 Å². The molecule has 1 aliphatic heterocycles. The van der Waals surface area contributed by atoms with Gasteiger partial charge in [-0.15, -0.1) is 0 Å². The fourth-order valence-corrected chi connectivity index (χ4v) is 4.63. The summed E-state index contributed by atoms with van der Waals surface area (Å²) < 4.78 is 7.30. The summed E-state index contributed by atoms with van der Waals surface area (Å²) in [4.78, 5) is 35.2. The van der Waals surface area contributed by atoms with Gasteiger partial charge in [0.25, 0.3) is 11.8 Å². The van der Waals surface area contributed by atoms with Crippen molar-refractivity contribution in [2.24, 2.45) is 17.8 Å². The number of fused-ring (bicyclic) bond motifs is 2. The third kappa shape index (κ3) is 3.18. The van der Waals surface area contributed by atoms with E-state index < -0.39 is 0 Å². The number of hydrogen-bond acceptors (Lipinski definition) is 5. The van der Waals surface area contributed by atoms with Crippen molar-refractivity contribution >= 4 is 17.5 Å². The predicted octanol–water partition coefficient (Wildman–Crippen LogP) is 2.08. The van der Waals surface area contributed by atoms with E-state index in [1.54, 1.807) is 32.3 Å². The number of pyridine rings is 1. The van der Waals surface area contributed by atoms with Crippen LogP contribution in [0.4, 0.5) is 0 Å². The molecular weight excluding hydrogens is 370 g/mol. The molecule has 0 spiro atoms. The van der Waals surface area contributed by atoms with Crippen molar-refractivity contribution in [3.8, 4) is 0 Å². The summed E-state index contributed by atoms with van der Waals surface area (Å²) >= 11 is 0. The van der Waals surface area contributed by atoms with E-state index in [2.05, 4.69) is 15.3 Å². The maximum Gasteiger partial charge on any atom is 0.291 e. The number of nitrogens with zero attached hydrogens (tertiary/aromatic N) is 4. The van der Waals surface area contributed by atoms with Crippen molar-refractivity contribution in [3.63, 3.8) is 0 Å². The van der Waals surface area contributed by atoms with Crippen LogP contribution >= 0.6 is 0 Å². The number of oxazole rings is 1. The SMILES string of the molecule is Cc1nc(C)c(C(=O)N2C[C@@H]3C(CCNC(=O)c4ccc5nccn5c4)[C@@H]3C2)o1. The Kier molecular flexibility index (Phi) is 4.15. The fraction of sp³-hybridized carbons (Fsp3) is 0.429. The van der Waals surface area contributed by atoms with Crippen LogP contribution in [0.25, 0.3) is 5.65 Å². The van der Waals surface area contributed by atoms with Crippen molar-refractivity contribution in [3.05, 3.63) is 53.6 Å². The summed E-state index contributed by atoms with van der Waals surface area (Å²) in [7, 11) is 0. The molecule has 8 heteroatoms. The molecule has 0 radical (unpaired) electrons.